The summed E-state index contributed by atoms with van der Waals surface area (Å²) in [6.45, 7) is 0. The molecule has 1 heterocycles. The summed E-state index contributed by atoms with van der Waals surface area (Å²) in [5.41, 5.74) is 0. The van der Waals surface area contributed by atoms with Gasteiger partial charge < -0.3 is 14.6 Å². The van der Waals surface area contributed by atoms with Crippen LogP contribution >= 0.6 is 0 Å². The summed E-state index contributed by atoms with van der Waals surface area (Å²) < 4.78 is 10.7. The molecule has 2 aliphatic carbocycles. The molecule has 2 bridgehead atoms. The molecule has 0 amide bonds. The Balaban J connectivity index is 1.54. The first-order valence-corrected chi connectivity index (χ1v) is 6.84. The van der Waals surface area contributed by atoms with Gasteiger partial charge in [-0.1, -0.05) is 0 Å². The van der Waals surface area contributed by atoms with Gasteiger partial charge >= 0.3 is 11.9 Å². The second-order valence-corrected chi connectivity index (χ2v) is 5.84. The molecule has 4 rings (SSSR count). The van der Waals surface area contributed by atoms with Crippen molar-refractivity contribution in [2.45, 2.75) is 18.9 Å². The molecular weight excluding hydrogens is 260 g/mol. The molecule has 0 spiro atoms. The van der Waals surface area contributed by atoms with Crippen molar-refractivity contribution >= 4 is 11.9 Å². The van der Waals surface area contributed by atoms with Crippen LogP contribution in [0.15, 0.2) is 24.3 Å². The van der Waals surface area contributed by atoms with E-state index in [1.807, 2.05) is 0 Å². The van der Waals surface area contributed by atoms with Crippen molar-refractivity contribution in [1.29, 1.82) is 0 Å². The van der Waals surface area contributed by atoms with Crippen LogP contribution in [0.25, 0.3) is 0 Å². The smallest absolute Gasteiger partial charge is 0.315 e. The van der Waals surface area contributed by atoms with E-state index in [1.165, 1.54) is 24.3 Å². The highest BCUT2D eigenvalue weighted by Crippen LogP contribution is 2.57. The normalized spacial score (nSPS) is 37.0. The summed E-state index contributed by atoms with van der Waals surface area (Å²) in [5, 5.41) is 9.21. The van der Waals surface area contributed by atoms with Gasteiger partial charge in [-0.3, -0.25) is 9.59 Å². The minimum atomic E-state index is -0.375. The number of rotatable bonds is 2. The van der Waals surface area contributed by atoms with Crippen molar-refractivity contribution in [1.82, 2.24) is 0 Å². The number of ether oxygens (including phenoxy) is 2. The van der Waals surface area contributed by atoms with E-state index < -0.39 is 0 Å². The number of aromatic hydroxyl groups is 1. The molecule has 104 valence electrons. The summed E-state index contributed by atoms with van der Waals surface area (Å²) in [6, 6.07) is 6.00. The van der Waals surface area contributed by atoms with Crippen molar-refractivity contribution in [3.8, 4) is 11.5 Å². The zero-order valence-electron chi connectivity index (χ0n) is 10.7. The van der Waals surface area contributed by atoms with Crippen molar-refractivity contribution in [2.75, 3.05) is 0 Å². The predicted octanol–water partition coefficient (Wildman–Crippen LogP) is 1.50. The van der Waals surface area contributed by atoms with Gasteiger partial charge in [0.1, 0.15) is 17.6 Å². The Labute approximate surface area is 115 Å². The van der Waals surface area contributed by atoms with E-state index in [0.29, 0.717) is 5.75 Å². The summed E-state index contributed by atoms with van der Waals surface area (Å²) in [4.78, 5) is 24.2. The second kappa shape index (κ2) is 3.98. The van der Waals surface area contributed by atoms with E-state index in [-0.39, 0.29) is 47.5 Å². The Morgan fingerprint density at radius 3 is 2.75 bits per heavy atom. The maximum absolute atomic E-state index is 12.3. The van der Waals surface area contributed by atoms with Gasteiger partial charge in [0.2, 0.25) is 0 Å². The number of benzene rings is 1. The zero-order chi connectivity index (χ0) is 13.9. The first-order chi connectivity index (χ1) is 9.63. The molecule has 3 fully saturated rings. The van der Waals surface area contributed by atoms with Gasteiger partial charge in [0.25, 0.3) is 0 Å². The van der Waals surface area contributed by atoms with Crippen LogP contribution in [0.5, 0.6) is 11.5 Å². The van der Waals surface area contributed by atoms with Gasteiger partial charge in [0.15, 0.2) is 0 Å². The molecule has 5 unspecified atom stereocenters. The lowest BCUT2D eigenvalue weighted by molar-refractivity contribution is -0.149. The van der Waals surface area contributed by atoms with Crippen LogP contribution in [-0.4, -0.2) is 23.1 Å². The topological polar surface area (TPSA) is 72.8 Å². The first kappa shape index (κ1) is 11.8. The quantitative estimate of drug-likeness (QED) is 0.653. The summed E-state index contributed by atoms with van der Waals surface area (Å²) in [5.74, 6) is -0.386. The minimum absolute atomic E-state index is 0.0234. The highest BCUT2D eigenvalue weighted by Gasteiger charge is 2.64. The third-order valence-electron chi connectivity index (χ3n) is 4.81. The van der Waals surface area contributed by atoms with E-state index in [2.05, 4.69) is 0 Å². The van der Waals surface area contributed by atoms with Gasteiger partial charge in [-0.05, 0) is 43.0 Å². The lowest BCUT2D eigenvalue weighted by Crippen LogP contribution is -2.34. The molecule has 1 saturated heterocycles. The Kier molecular flexibility index (Phi) is 2.34. The fraction of sp³-hybridized carbons (Fsp3) is 0.467. The van der Waals surface area contributed by atoms with Crippen LogP contribution in [0, 0.1) is 23.7 Å². The van der Waals surface area contributed by atoms with Crippen molar-refractivity contribution < 1.29 is 24.2 Å². The van der Waals surface area contributed by atoms with Gasteiger partial charge in [0, 0.05) is 5.92 Å². The largest absolute Gasteiger partial charge is 0.508 e. The molecule has 1 aromatic carbocycles. The number of esters is 2. The summed E-state index contributed by atoms with van der Waals surface area (Å²) in [7, 11) is 0. The molecule has 5 nitrogen and oxygen atoms in total. The molecule has 20 heavy (non-hydrogen) atoms. The van der Waals surface area contributed by atoms with E-state index in [1.54, 1.807) is 0 Å². The maximum Gasteiger partial charge on any atom is 0.315 e. The molecule has 3 aliphatic rings. The fourth-order valence-corrected chi connectivity index (χ4v) is 4.02. The fourth-order valence-electron chi connectivity index (χ4n) is 4.02. The summed E-state index contributed by atoms with van der Waals surface area (Å²) in [6.07, 6.45) is 1.69. The standard InChI is InChI=1S/C15H14O5/c16-8-1-3-9(4-2-8)19-14(17)12-7-5-10-11(6-7)20-15(18)13(10)12/h1-4,7,10-13,16H,5-6H2. The average molecular weight is 274 g/mol. The minimum Gasteiger partial charge on any atom is -0.508 e. The molecule has 5 heteroatoms. The molecule has 1 aromatic rings. The Morgan fingerprint density at radius 1 is 1.25 bits per heavy atom. The van der Waals surface area contributed by atoms with E-state index in [9.17, 15) is 14.7 Å². The number of hydrogen-bond donors (Lipinski definition) is 1. The van der Waals surface area contributed by atoms with Crippen molar-refractivity contribution in [3.05, 3.63) is 24.3 Å². The van der Waals surface area contributed by atoms with Crippen LogP contribution in [-0.2, 0) is 14.3 Å². The number of fused-ring (bicyclic) bond motifs is 1. The second-order valence-electron chi connectivity index (χ2n) is 5.84. The zero-order valence-corrected chi connectivity index (χ0v) is 10.7. The highest BCUT2D eigenvalue weighted by atomic mass is 16.6. The van der Waals surface area contributed by atoms with Crippen LogP contribution in [0.2, 0.25) is 0 Å². The number of carbonyl (C=O) groups excluding carboxylic acids is 2. The van der Waals surface area contributed by atoms with Crippen LogP contribution in [0.4, 0.5) is 0 Å². The van der Waals surface area contributed by atoms with Gasteiger partial charge in [-0.15, -0.1) is 0 Å². The summed E-state index contributed by atoms with van der Waals surface area (Å²) >= 11 is 0. The van der Waals surface area contributed by atoms with Gasteiger partial charge in [0.05, 0.1) is 11.8 Å². The molecule has 5 atom stereocenters. The lowest BCUT2D eigenvalue weighted by atomic mass is 9.80. The number of phenolic OH excluding ortho intramolecular Hbond substituents is 1. The Morgan fingerprint density at radius 2 is 2.00 bits per heavy atom. The molecule has 1 aliphatic heterocycles. The van der Waals surface area contributed by atoms with E-state index in [0.717, 1.165) is 12.8 Å². The van der Waals surface area contributed by atoms with Crippen molar-refractivity contribution in [2.24, 2.45) is 23.7 Å². The molecule has 2 saturated carbocycles. The van der Waals surface area contributed by atoms with Crippen LogP contribution in [0.1, 0.15) is 12.8 Å². The van der Waals surface area contributed by atoms with Gasteiger partial charge in [-0.2, -0.15) is 0 Å². The van der Waals surface area contributed by atoms with Gasteiger partial charge in [-0.25, -0.2) is 0 Å². The average Bonchev–Trinajstić information content (AvgIpc) is 3.02. The Bertz CT molecular complexity index is 576. The number of carbonyl (C=O) groups is 2. The molecular formula is C15H14O5. The van der Waals surface area contributed by atoms with Crippen molar-refractivity contribution in [3.63, 3.8) is 0 Å². The maximum atomic E-state index is 12.3. The first-order valence-electron chi connectivity index (χ1n) is 6.84. The van der Waals surface area contributed by atoms with Crippen LogP contribution in [0.3, 0.4) is 0 Å². The monoisotopic (exact) mass is 274 g/mol. The SMILES string of the molecule is O=C(Oc1ccc(O)cc1)C1C2CC3OC(=O)C1C3C2. The lowest BCUT2D eigenvalue weighted by Gasteiger charge is -2.22. The van der Waals surface area contributed by atoms with E-state index in [4.69, 9.17) is 9.47 Å². The number of phenols is 1. The third-order valence-corrected chi connectivity index (χ3v) is 4.81. The molecule has 1 N–H and O–H groups in total. The predicted molar refractivity (Wildman–Crippen MR) is 66.8 cm³/mol. The third kappa shape index (κ3) is 1.55. The van der Waals surface area contributed by atoms with Crippen LogP contribution < -0.4 is 4.74 Å². The molecule has 0 radical (unpaired) electrons. The highest BCUT2D eigenvalue weighted by molar-refractivity contribution is 5.86. The van der Waals surface area contributed by atoms with E-state index >= 15 is 0 Å². The Hall–Kier alpha value is -2.04. The number of hydrogen-bond acceptors (Lipinski definition) is 5. The molecule has 0 aromatic heterocycles.